The van der Waals surface area contributed by atoms with Gasteiger partial charge in [-0.05, 0) is 60.4 Å². The first-order valence-electron chi connectivity index (χ1n) is 11.5. The number of benzene rings is 2. The molecule has 11 heteroatoms. The number of nitrogens with zero attached hydrogens (tertiary/aromatic N) is 3. The lowest BCUT2D eigenvalue weighted by Crippen LogP contribution is -2.45. The fourth-order valence-corrected chi connectivity index (χ4v) is 6.55. The molecule has 5 rings (SSSR count). The van der Waals surface area contributed by atoms with Gasteiger partial charge in [0.15, 0.2) is 9.84 Å². The van der Waals surface area contributed by atoms with Gasteiger partial charge in [-0.25, -0.2) is 22.5 Å². The predicted molar refractivity (Wildman–Crippen MR) is 138 cm³/mol. The molecule has 0 radical (unpaired) electrons. The quantitative estimate of drug-likeness (QED) is 0.500. The molecule has 2 aromatic carbocycles. The largest absolute Gasteiger partial charge is 0.284 e. The number of hydrazine groups is 1. The van der Waals surface area contributed by atoms with Crippen LogP contribution < -0.4 is 5.43 Å². The number of amides is 1. The first-order valence-corrected chi connectivity index (χ1v) is 14.1. The van der Waals surface area contributed by atoms with Crippen LogP contribution in [0.4, 0.5) is 4.39 Å². The number of hydrogen-bond donors (Lipinski definition) is 1. The Morgan fingerprint density at radius 2 is 1.75 bits per heavy atom. The van der Waals surface area contributed by atoms with Gasteiger partial charge in [0.25, 0.3) is 5.91 Å². The fourth-order valence-electron chi connectivity index (χ4n) is 4.55. The molecule has 36 heavy (non-hydrogen) atoms. The third-order valence-electron chi connectivity index (χ3n) is 6.21. The van der Waals surface area contributed by atoms with Gasteiger partial charge in [0.2, 0.25) is 0 Å². The summed E-state index contributed by atoms with van der Waals surface area (Å²) in [6, 6.07) is 10.5. The molecule has 188 valence electrons. The van der Waals surface area contributed by atoms with Crippen molar-refractivity contribution in [3.8, 4) is 5.69 Å². The summed E-state index contributed by atoms with van der Waals surface area (Å²) >= 11 is 12.6. The van der Waals surface area contributed by atoms with E-state index in [1.165, 1.54) is 22.9 Å². The summed E-state index contributed by atoms with van der Waals surface area (Å²) in [4.78, 5) is 13.6. The van der Waals surface area contributed by atoms with Gasteiger partial charge in [-0.3, -0.25) is 10.2 Å². The number of halogens is 3. The molecule has 0 spiro atoms. The lowest BCUT2D eigenvalue weighted by molar-refractivity contribution is 0.0741. The van der Waals surface area contributed by atoms with Gasteiger partial charge in [0.05, 0.1) is 27.9 Å². The first kappa shape index (κ1) is 25.0. The van der Waals surface area contributed by atoms with E-state index in [1.807, 2.05) is 5.01 Å². The summed E-state index contributed by atoms with van der Waals surface area (Å²) in [5, 5.41) is 7.21. The van der Waals surface area contributed by atoms with E-state index in [4.69, 9.17) is 23.2 Å². The van der Waals surface area contributed by atoms with Crippen LogP contribution in [0, 0.1) is 5.82 Å². The van der Waals surface area contributed by atoms with Crippen LogP contribution in [0.15, 0.2) is 42.5 Å². The van der Waals surface area contributed by atoms with Crippen molar-refractivity contribution in [2.24, 2.45) is 0 Å². The van der Waals surface area contributed by atoms with E-state index >= 15 is 0 Å². The van der Waals surface area contributed by atoms with Crippen molar-refractivity contribution in [2.45, 2.75) is 25.0 Å². The lowest BCUT2D eigenvalue weighted by Gasteiger charge is -2.27. The molecule has 0 unspecified atom stereocenters. The van der Waals surface area contributed by atoms with E-state index in [0.29, 0.717) is 46.2 Å². The van der Waals surface area contributed by atoms with Gasteiger partial charge in [-0.1, -0.05) is 41.8 Å². The molecule has 1 N–H and O–H groups in total. The Bertz CT molecular complexity index is 1460. The highest BCUT2D eigenvalue weighted by atomic mass is 35.5. The van der Waals surface area contributed by atoms with Gasteiger partial charge >= 0.3 is 0 Å². The number of aromatic nitrogens is 2. The van der Waals surface area contributed by atoms with Gasteiger partial charge in [-0.2, -0.15) is 5.10 Å². The predicted octanol–water partition coefficient (Wildman–Crippen LogP) is 4.92. The van der Waals surface area contributed by atoms with Crippen LogP contribution in [0.3, 0.4) is 0 Å². The molecule has 1 aromatic heterocycles. The molecule has 0 aliphatic carbocycles. The summed E-state index contributed by atoms with van der Waals surface area (Å²) in [5.74, 6) is -1.45. The second-order valence-corrected chi connectivity index (χ2v) is 11.8. The number of piperidine rings is 1. The zero-order valence-corrected chi connectivity index (χ0v) is 21.5. The molecule has 1 fully saturated rings. The Morgan fingerprint density at radius 3 is 2.44 bits per heavy atom. The normalized spacial score (nSPS) is 18.7. The zero-order chi connectivity index (χ0) is 25.4. The summed E-state index contributed by atoms with van der Waals surface area (Å²) < 4.78 is 40.7. The number of sulfone groups is 1. The van der Waals surface area contributed by atoms with E-state index in [0.717, 1.165) is 19.3 Å². The Labute approximate surface area is 218 Å². The van der Waals surface area contributed by atoms with Crippen molar-refractivity contribution in [3.63, 3.8) is 0 Å². The molecule has 0 atom stereocenters. The molecule has 7 nitrogen and oxygen atoms in total. The third kappa shape index (κ3) is 5.20. The minimum absolute atomic E-state index is 0.105. The Hall–Kier alpha value is -2.72. The molecular formula is C25H23Cl2FN4O3S. The average Bonchev–Trinajstić information content (AvgIpc) is 3.19. The zero-order valence-electron chi connectivity index (χ0n) is 19.2. The van der Waals surface area contributed by atoms with Crippen LogP contribution in [0.5, 0.6) is 0 Å². The van der Waals surface area contributed by atoms with Crippen LogP contribution in [-0.4, -0.2) is 48.0 Å². The van der Waals surface area contributed by atoms with Crippen LogP contribution in [0.25, 0.3) is 17.3 Å². The molecule has 0 saturated carbocycles. The summed E-state index contributed by atoms with van der Waals surface area (Å²) in [7, 11) is -3.59. The van der Waals surface area contributed by atoms with E-state index in [-0.39, 0.29) is 22.2 Å². The first-order chi connectivity index (χ1) is 17.2. The highest BCUT2D eigenvalue weighted by Gasteiger charge is 2.35. The molecule has 3 aromatic rings. The second kappa shape index (κ2) is 9.97. The third-order valence-corrected chi connectivity index (χ3v) is 8.22. The minimum Gasteiger partial charge on any atom is -0.283 e. The maximum Gasteiger partial charge on any atom is 0.284 e. The molecular weight excluding hydrogens is 526 g/mol. The van der Waals surface area contributed by atoms with Crippen molar-refractivity contribution in [1.29, 1.82) is 0 Å². The molecule has 3 heterocycles. The number of rotatable bonds is 4. The summed E-state index contributed by atoms with van der Waals surface area (Å²) in [6.45, 7) is 1.41. The number of carbonyl (C=O) groups is 1. The topological polar surface area (TPSA) is 84.3 Å². The van der Waals surface area contributed by atoms with Gasteiger partial charge in [-0.15, -0.1) is 0 Å². The number of nitrogens with one attached hydrogen (secondary N) is 1. The van der Waals surface area contributed by atoms with Crippen molar-refractivity contribution >= 4 is 50.6 Å². The smallest absolute Gasteiger partial charge is 0.283 e. The highest BCUT2D eigenvalue weighted by molar-refractivity contribution is 7.91. The molecule has 1 saturated heterocycles. The Morgan fingerprint density at radius 1 is 1.03 bits per heavy atom. The Kier molecular flexibility index (Phi) is 6.91. The molecule has 0 bridgehead atoms. The fraction of sp³-hybridized carbons (Fsp3) is 0.280. The standard InChI is InChI=1S/C25H23Cl2FN4O3S/c26-18-6-9-22(21(27)13-18)32-24(25(33)30-31-10-2-1-3-11-31)20-15-36(34,35)14-17(23(20)29-32)12-16-4-7-19(28)8-5-16/h4-9,12-13H,1-3,10-11,14-15H2,(H,30,33)/b17-12+. The van der Waals surface area contributed by atoms with Crippen molar-refractivity contribution in [3.05, 3.63) is 80.8 Å². The number of carbonyl (C=O) groups excluding carboxylic acids is 1. The molecule has 2 aliphatic heterocycles. The maximum absolute atomic E-state index is 13.6. The van der Waals surface area contributed by atoms with Crippen LogP contribution in [-0.2, 0) is 15.6 Å². The summed E-state index contributed by atoms with van der Waals surface area (Å²) in [5.41, 5.74) is 5.15. The van der Waals surface area contributed by atoms with E-state index in [2.05, 4.69) is 10.5 Å². The average molecular weight is 549 g/mol. The van der Waals surface area contributed by atoms with Crippen molar-refractivity contribution in [2.75, 3.05) is 18.8 Å². The van der Waals surface area contributed by atoms with Crippen LogP contribution in [0.2, 0.25) is 10.0 Å². The highest BCUT2D eigenvalue weighted by Crippen LogP contribution is 2.35. The Balaban J connectivity index is 1.68. The van der Waals surface area contributed by atoms with Crippen LogP contribution >= 0.6 is 23.2 Å². The van der Waals surface area contributed by atoms with Gasteiger partial charge in [0.1, 0.15) is 11.5 Å². The minimum atomic E-state index is -3.59. The van der Waals surface area contributed by atoms with Gasteiger partial charge < -0.3 is 0 Å². The maximum atomic E-state index is 13.6. The van der Waals surface area contributed by atoms with E-state index in [9.17, 15) is 17.6 Å². The second-order valence-electron chi connectivity index (χ2n) is 8.93. The molecule has 2 aliphatic rings. The van der Waals surface area contributed by atoms with Crippen molar-refractivity contribution in [1.82, 2.24) is 20.2 Å². The van der Waals surface area contributed by atoms with E-state index in [1.54, 1.807) is 30.3 Å². The monoisotopic (exact) mass is 548 g/mol. The van der Waals surface area contributed by atoms with E-state index < -0.39 is 21.6 Å². The van der Waals surface area contributed by atoms with Crippen molar-refractivity contribution < 1.29 is 17.6 Å². The summed E-state index contributed by atoms with van der Waals surface area (Å²) in [6.07, 6.45) is 4.66. The number of fused-ring (bicyclic) bond motifs is 1. The van der Waals surface area contributed by atoms with Gasteiger partial charge in [0, 0.05) is 23.7 Å². The SMILES string of the molecule is O=C(NN1CCCCC1)c1c2c(nn1-c1ccc(Cl)cc1Cl)/C(=C/c1ccc(F)cc1)CS(=O)(=O)C2. The lowest BCUT2D eigenvalue weighted by atomic mass is 10.0. The van der Waals surface area contributed by atoms with Crippen LogP contribution in [0.1, 0.15) is 46.6 Å². The number of hydrogen-bond acceptors (Lipinski definition) is 5. The molecule has 1 amide bonds.